The van der Waals surface area contributed by atoms with Crippen LogP contribution in [0.25, 0.3) is 0 Å². The molecule has 1 N–H and O–H groups in total. The molecule has 6 heteroatoms. The molecule has 1 aromatic rings. The van der Waals surface area contributed by atoms with Gasteiger partial charge in [-0.1, -0.05) is 6.92 Å². The summed E-state index contributed by atoms with van der Waals surface area (Å²) in [6, 6.07) is 4.46. The Kier molecular flexibility index (Phi) is 2.67. The predicted octanol–water partition coefficient (Wildman–Crippen LogP) is 1.74. The van der Waals surface area contributed by atoms with Gasteiger partial charge in [0.25, 0.3) is 9.05 Å². The number of hydrogen-bond donors (Lipinski definition) is 1. The molecule has 4 nitrogen and oxygen atoms in total. The molecule has 1 aliphatic heterocycles. The Labute approximate surface area is 98.0 Å². The van der Waals surface area contributed by atoms with Crippen molar-refractivity contribution in [2.24, 2.45) is 5.92 Å². The quantitative estimate of drug-likeness (QED) is 0.782. The Morgan fingerprint density at radius 1 is 1.44 bits per heavy atom. The average Bonchev–Trinajstić information content (AvgIpc) is 2.17. The minimum Gasteiger partial charge on any atom is -0.326 e. The van der Waals surface area contributed by atoms with E-state index in [9.17, 15) is 13.2 Å². The second-order valence-corrected chi connectivity index (χ2v) is 6.42. The summed E-state index contributed by atoms with van der Waals surface area (Å²) >= 11 is 0. The van der Waals surface area contributed by atoms with Crippen LogP contribution in [0.15, 0.2) is 23.1 Å². The predicted molar refractivity (Wildman–Crippen MR) is 61.0 cm³/mol. The Bertz CT molecular complexity index is 553. The van der Waals surface area contributed by atoms with Crippen LogP contribution >= 0.6 is 10.7 Å². The molecular weight excluding hydrogens is 250 g/mol. The molecule has 0 spiro atoms. The third-order valence-electron chi connectivity index (χ3n) is 2.59. The highest BCUT2D eigenvalue weighted by atomic mass is 35.7. The van der Waals surface area contributed by atoms with Gasteiger partial charge in [0, 0.05) is 22.3 Å². The van der Waals surface area contributed by atoms with Gasteiger partial charge in [0.2, 0.25) is 5.91 Å². The van der Waals surface area contributed by atoms with Crippen molar-refractivity contribution in [3.8, 4) is 0 Å². The molecular formula is C10H10ClNO3S. The summed E-state index contributed by atoms with van der Waals surface area (Å²) in [6.45, 7) is 1.79. The SMILES string of the molecule is CC1Cc2cc(S(=O)(=O)Cl)ccc2NC1=O. The van der Waals surface area contributed by atoms with E-state index in [2.05, 4.69) is 5.32 Å². The molecule has 86 valence electrons. The molecule has 0 fully saturated rings. The highest BCUT2D eigenvalue weighted by molar-refractivity contribution is 8.13. The number of halogens is 1. The lowest BCUT2D eigenvalue weighted by Gasteiger charge is -2.22. The van der Waals surface area contributed by atoms with Crippen LogP contribution in [0.4, 0.5) is 5.69 Å². The van der Waals surface area contributed by atoms with Crippen LogP contribution in [0.3, 0.4) is 0 Å². The monoisotopic (exact) mass is 259 g/mol. The minimum absolute atomic E-state index is 0.0472. The number of anilines is 1. The maximum absolute atomic E-state index is 11.4. The van der Waals surface area contributed by atoms with Crippen LogP contribution in [0.5, 0.6) is 0 Å². The molecule has 0 saturated heterocycles. The second kappa shape index (κ2) is 3.75. The second-order valence-electron chi connectivity index (χ2n) is 3.85. The fraction of sp³-hybridized carbons (Fsp3) is 0.300. The number of amides is 1. The van der Waals surface area contributed by atoms with Gasteiger partial charge in [-0.15, -0.1) is 0 Å². The number of rotatable bonds is 1. The molecule has 1 amide bonds. The van der Waals surface area contributed by atoms with E-state index < -0.39 is 9.05 Å². The zero-order valence-corrected chi connectivity index (χ0v) is 10.1. The van der Waals surface area contributed by atoms with Gasteiger partial charge >= 0.3 is 0 Å². The van der Waals surface area contributed by atoms with E-state index in [0.717, 1.165) is 5.56 Å². The van der Waals surface area contributed by atoms with Crippen molar-refractivity contribution in [3.63, 3.8) is 0 Å². The van der Waals surface area contributed by atoms with Gasteiger partial charge in [0.1, 0.15) is 0 Å². The maximum Gasteiger partial charge on any atom is 0.261 e. The first-order valence-corrected chi connectivity index (χ1v) is 7.07. The Morgan fingerprint density at radius 2 is 2.12 bits per heavy atom. The van der Waals surface area contributed by atoms with Crippen LogP contribution in [-0.2, 0) is 20.3 Å². The molecule has 1 aromatic carbocycles. The van der Waals surface area contributed by atoms with Gasteiger partial charge in [-0.25, -0.2) is 8.42 Å². The van der Waals surface area contributed by atoms with Crippen LogP contribution in [0, 0.1) is 5.92 Å². The molecule has 16 heavy (non-hydrogen) atoms. The molecule has 0 radical (unpaired) electrons. The van der Waals surface area contributed by atoms with Crippen LogP contribution in [0.2, 0.25) is 0 Å². The van der Waals surface area contributed by atoms with Crippen molar-refractivity contribution in [1.29, 1.82) is 0 Å². The zero-order valence-electron chi connectivity index (χ0n) is 8.53. The third kappa shape index (κ3) is 2.05. The van der Waals surface area contributed by atoms with E-state index in [1.807, 2.05) is 0 Å². The first-order chi connectivity index (χ1) is 7.38. The molecule has 0 aromatic heterocycles. The summed E-state index contributed by atoms with van der Waals surface area (Å²) in [6.07, 6.45) is 0.529. The van der Waals surface area contributed by atoms with E-state index >= 15 is 0 Å². The highest BCUT2D eigenvalue weighted by Gasteiger charge is 2.23. The number of benzene rings is 1. The van der Waals surface area contributed by atoms with E-state index in [-0.39, 0.29) is 16.7 Å². The van der Waals surface area contributed by atoms with Gasteiger partial charge in [-0.2, -0.15) is 0 Å². The van der Waals surface area contributed by atoms with Gasteiger partial charge in [0.05, 0.1) is 4.90 Å². The molecule has 2 rings (SSSR count). The molecule has 0 saturated carbocycles. The molecule has 1 aliphatic rings. The minimum atomic E-state index is -3.71. The number of fused-ring (bicyclic) bond motifs is 1. The largest absolute Gasteiger partial charge is 0.326 e. The summed E-state index contributed by atoms with van der Waals surface area (Å²) in [7, 11) is 1.54. The van der Waals surface area contributed by atoms with Gasteiger partial charge in [-0.3, -0.25) is 4.79 Å². The summed E-state index contributed by atoms with van der Waals surface area (Å²) in [5.41, 5.74) is 1.46. The topological polar surface area (TPSA) is 63.2 Å². The molecule has 1 heterocycles. The molecule has 1 atom stereocenters. The van der Waals surface area contributed by atoms with E-state index in [0.29, 0.717) is 12.1 Å². The molecule has 0 bridgehead atoms. The summed E-state index contributed by atoms with van der Waals surface area (Å²) in [4.78, 5) is 11.4. The van der Waals surface area contributed by atoms with Crippen molar-refractivity contribution < 1.29 is 13.2 Å². The van der Waals surface area contributed by atoms with Gasteiger partial charge in [-0.05, 0) is 30.2 Å². The van der Waals surface area contributed by atoms with Crippen LogP contribution < -0.4 is 5.32 Å². The first kappa shape index (κ1) is 11.4. The van der Waals surface area contributed by atoms with Crippen molar-refractivity contribution >= 4 is 31.3 Å². The van der Waals surface area contributed by atoms with Crippen LogP contribution in [-0.4, -0.2) is 14.3 Å². The van der Waals surface area contributed by atoms with Crippen molar-refractivity contribution in [3.05, 3.63) is 23.8 Å². The average molecular weight is 260 g/mol. The van der Waals surface area contributed by atoms with E-state index in [4.69, 9.17) is 10.7 Å². The van der Waals surface area contributed by atoms with Crippen LogP contribution in [0.1, 0.15) is 12.5 Å². The molecule has 1 unspecified atom stereocenters. The van der Waals surface area contributed by atoms with E-state index in [1.165, 1.54) is 12.1 Å². The summed E-state index contributed by atoms with van der Waals surface area (Å²) < 4.78 is 22.3. The number of carbonyl (C=O) groups excluding carboxylic acids is 1. The molecule has 0 aliphatic carbocycles. The van der Waals surface area contributed by atoms with E-state index in [1.54, 1.807) is 13.0 Å². The lowest BCUT2D eigenvalue weighted by molar-refractivity contribution is -0.119. The van der Waals surface area contributed by atoms with Crippen molar-refractivity contribution in [1.82, 2.24) is 0 Å². The smallest absolute Gasteiger partial charge is 0.261 e. The fourth-order valence-corrected chi connectivity index (χ4v) is 2.49. The number of nitrogens with one attached hydrogen (secondary N) is 1. The summed E-state index contributed by atoms with van der Waals surface area (Å²) in [5, 5.41) is 2.71. The number of hydrogen-bond acceptors (Lipinski definition) is 3. The van der Waals surface area contributed by atoms with Gasteiger partial charge < -0.3 is 5.32 Å². The number of carbonyl (C=O) groups is 1. The Balaban J connectivity index is 2.48. The Hall–Kier alpha value is -1.07. The third-order valence-corrected chi connectivity index (χ3v) is 3.94. The van der Waals surface area contributed by atoms with Gasteiger partial charge in [0.15, 0.2) is 0 Å². The normalized spacial score (nSPS) is 20.1. The Morgan fingerprint density at radius 3 is 2.75 bits per heavy atom. The highest BCUT2D eigenvalue weighted by Crippen LogP contribution is 2.28. The van der Waals surface area contributed by atoms with Crippen molar-refractivity contribution in [2.75, 3.05) is 5.32 Å². The lowest BCUT2D eigenvalue weighted by Crippen LogP contribution is -2.27. The fourth-order valence-electron chi connectivity index (χ4n) is 1.69. The first-order valence-electron chi connectivity index (χ1n) is 4.76. The standard InChI is InChI=1S/C10H10ClNO3S/c1-6-4-7-5-8(16(11,14)15)2-3-9(7)12-10(6)13/h2-3,5-6H,4H2,1H3,(H,12,13). The summed E-state index contributed by atoms with van der Waals surface area (Å²) in [5.74, 6) is -0.199. The zero-order chi connectivity index (χ0) is 11.9. The lowest BCUT2D eigenvalue weighted by atomic mass is 9.95. The van der Waals surface area contributed by atoms with Crippen molar-refractivity contribution in [2.45, 2.75) is 18.2 Å². The maximum atomic E-state index is 11.4.